The zero-order valence-corrected chi connectivity index (χ0v) is 5.90. The minimum absolute atomic E-state index is 0.365. The largest absolute Gasteiger partial charge is 0.396 e. The summed E-state index contributed by atoms with van der Waals surface area (Å²) in [4.78, 5) is 0. The summed E-state index contributed by atoms with van der Waals surface area (Å²) >= 11 is 0. The molecule has 0 saturated heterocycles. The Hall–Kier alpha value is -0.0400. The predicted octanol–water partition coefficient (Wildman–Crippen LogP) is 1.91. The standard InChI is InChI=1S/C8H15O/c9-7-3-6-8-4-1-2-5-8/h9H,1-7H2. The Labute approximate surface area is 57.1 Å². The van der Waals surface area contributed by atoms with Gasteiger partial charge < -0.3 is 5.11 Å². The molecule has 0 aliphatic heterocycles. The molecule has 9 heavy (non-hydrogen) atoms. The molecule has 0 spiro atoms. The summed E-state index contributed by atoms with van der Waals surface area (Å²) in [6.07, 6.45) is 7.60. The smallest absolute Gasteiger partial charge is 0.0431 e. The lowest BCUT2D eigenvalue weighted by Crippen LogP contribution is -1.91. The molecule has 0 bridgehead atoms. The van der Waals surface area contributed by atoms with Gasteiger partial charge in [0.05, 0.1) is 0 Å². The third-order valence-corrected chi connectivity index (χ3v) is 2.00. The van der Waals surface area contributed by atoms with Crippen LogP contribution in [0.5, 0.6) is 0 Å². The molecule has 0 aromatic rings. The fourth-order valence-corrected chi connectivity index (χ4v) is 1.45. The molecule has 1 radical (unpaired) electrons. The Kier molecular flexibility index (Phi) is 3.05. The van der Waals surface area contributed by atoms with Gasteiger partial charge in [0.2, 0.25) is 0 Å². The molecule has 1 rings (SSSR count). The Balaban J connectivity index is 1.98. The molecular formula is C8H15O. The van der Waals surface area contributed by atoms with Gasteiger partial charge in [-0.25, -0.2) is 0 Å². The van der Waals surface area contributed by atoms with Crippen LogP contribution in [0.3, 0.4) is 0 Å². The van der Waals surface area contributed by atoms with Gasteiger partial charge in [-0.2, -0.15) is 0 Å². The summed E-state index contributed by atoms with van der Waals surface area (Å²) in [5, 5.41) is 8.51. The molecule has 0 amide bonds. The van der Waals surface area contributed by atoms with Crippen molar-refractivity contribution in [2.45, 2.75) is 38.5 Å². The van der Waals surface area contributed by atoms with Crippen LogP contribution in [-0.4, -0.2) is 11.7 Å². The topological polar surface area (TPSA) is 20.2 Å². The molecule has 1 saturated carbocycles. The van der Waals surface area contributed by atoms with E-state index >= 15 is 0 Å². The number of hydrogen-bond acceptors (Lipinski definition) is 1. The average Bonchev–Trinajstić information content (AvgIpc) is 2.34. The maximum atomic E-state index is 8.51. The Morgan fingerprint density at radius 2 is 1.89 bits per heavy atom. The molecule has 0 heterocycles. The van der Waals surface area contributed by atoms with Gasteiger partial charge >= 0.3 is 0 Å². The summed E-state index contributed by atoms with van der Waals surface area (Å²) in [6.45, 7) is 0.365. The minimum Gasteiger partial charge on any atom is -0.396 e. The van der Waals surface area contributed by atoms with Crippen molar-refractivity contribution in [2.75, 3.05) is 6.61 Å². The molecule has 1 heteroatoms. The second-order valence-electron chi connectivity index (χ2n) is 2.78. The minimum atomic E-state index is 0.365. The second kappa shape index (κ2) is 3.89. The Morgan fingerprint density at radius 3 is 2.44 bits per heavy atom. The van der Waals surface area contributed by atoms with Gasteiger partial charge in [-0.05, 0) is 31.6 Å². The van der Waals surface area contributed by atoms with E-state index in [1.165, 1.54) is 32.1 Å². The summed E-state index contributed by atoms with van der Waals surface area (Å²) in [5.41, 5.74) is 0. The van der Waals surface area contributed by atoms with Crippen LogP contribution in [0.15, 0.2) is 0 Å². The number of rotatable bonds is 3. The van der Waals surface area contributed by atoms with Gasteiger partial charge in [-0.15, -0.1) is 0 Å². The number of hydrogen-bond donors (Lipinski definition) is 1. The van der Waals surface area contributed by atoms with Crippen LogP contribution < -0.4 is 0 Å². The van der Waals surface area contributed by atoms with Crippen LogP contribution >= 0.6 is 0 Å². The zero-order chi connectivity index (χ0) is 6.53. The first-order chi connectivity index (χ1) is 4.43. The van der Waals surface area contributed by atoms with Gasteiger partial charge in [0.15, 0.2) is 0 Å². The number of aliphatic hydroxyl groups is 1. The van der Waals surface area contributed by atoms with Crippen LogP contribution in [0.4, 0.5) is 0 Å². The maximum absolute atomic E-state index is 8.51. The monoisotopic (exact) mass is 127 g/mol. The fourth-order valence-electron chi connectivity index (χ4n) is 1.45. The normalized spacial score (nSPS) is 21.0. The van der Waals surface area contributed by atoms with Crippen molar-refractivity contribution in [1.29, 1.82) is 0 Å². The summed E-state index contributed by atoms with van der Waals surface area (Å²) < 4.78 is 0. The molecule has 1 aliphatic carbocycles. The molecule has 53 valence electrons. The van der Waals surface area contributed by atoms with Gasteiger partial charge in [-0.3, -0.25) is 0 Å². The summed E-state index contributed by atoms with van der Waals surface area (Å²) in [7, 11) is 0. The average molecular weight is 127 g/mol. The van der Waals surface area contributed by atoms with Crippen LogP contribution in [0.25, 0.3) is 0 Å². The highest BCUT2D eigenvalue weighted by molar-refractivity contribution is 4.93. The maximum Gasteiger partial charge on any atom is 0.0431 e. The SMILES string of the molecule is OCCC[C]1CCCC1. The summed E-state index contributed by atoms with van der Waals surface area (Å²) in [5.74, 6) is 1.68. The van der Waals surface area contributed by atoms with E-state index in [4.69, 9.17) is 5.11 Å². The quantitative estimate of drug-likeness (QED) is 0.614. The van der Waals surface area contributed by atoms with Crippen LogP contribution in [0.1, 0.15) is 38.5 Å². The van der Waals surface area contributed by atoms with E-state index in [0.29, 0.717) is 6.61 Å². The lowest BCUT2D eigenvalue weighted by molar-refractivity contribution is 0.285. The van der Waals surface area contributed by atoms with E-state index in [-0.39, 0.29) is 0 Å². The van der Waals surface area contributed by atoms with Crippen LogP contribution in [0.2, 0.25) is 0 Å². The summed E-state index contributed by atoms with van der Waals surface area (Å²) in [6, 6.07) is 0. The van der Waals surface area contributed by atoms with Crippen LogP contribution in [0, 0.1) is 5.92 Å². The van der Waals surface area contributed by atoms with E-state index in [1.807, 2.05) is 0 Å². The van der Waals surface area contributed by atoms with Crippen molar-refractivity contribution in [3.05, 3.63) is 5.92 Å². The Morgan fingerprint density at radius 1 is 1.22 bits per heavy atom. The number of aliphatic hydroxyl groups excluding tert-OH is 1. The second-order valence-corrected chi connectivity index (χ2v) is 2.78. The first-order valence-corrected chi connectivity index (χ1v) is 3.88. The van der Waals surface area contributed by atoms with Gasteiger partial charge in [0.25, 0.3) is 0 Å². The van der Waals surface area contributed by atoms with Gasteiger partial charge in [0, 0.05) is 6.61 Å². The van der Waals surface area contributed by atoms with E-state index in [2.05, 4.69) is 0 Å². The van der Waals surface area contributed by atoms with Crippen LogP contribution in [-0.2, 0) is 0 Å². The van der Waals surface area contributed by atoms with E-state index in [9.17, 15) is 0 Å². The van der Waals surface area contributed by atoms with Crippen molar-refractivity contribution in [2.24, 2.45) is 0 Å². The first kappa shape index (κ1) is 7.07. The molecule has 1 fully saturated rings. The molecule has 1 aliphatic rings. The third-order valence-electron chi connectivity index (χ3n) is 2.00. The van der Waals surface area contributed by atoms with Crippen molar-refractivity contribution in [3.63, 3.8) is 0 Å². The zero-order valence-electron chi connectivity index (χ0n) is 5.90. The third kappa shape index (κ3) is 2.35. The van der Waals surface area contributed by atoms with Crippen molar-refractivity contribution >= 4 is 0 Å². The van der Waals surface area contributed by atoms with Crippen molar-refractivity contribution in [1.82, 2.24) is 0 Å². The lowest BCUT2D eigenvalue weighted by Gasteiger charge is -2.04. The highest BCUT2D eigenvalue weighted by Gasteiger charge is 2.13. The van der Waals surface area contributed by atoms with Gasteiger partial charge in [0.1, 0.15) is 0 Å². The molecular weight excluding hydrogens is 112 g/mol. The van der Waals surface area contributed by atoms with E-state index < -0.39 is 0 Å². The molecule has 0 aromatic heterocycles. The van der Waals surface area contributed by atoms with E-state index in [0.717, 1.165) is 6.42 Å². The first-order valence-electron chi connectivity index (χ1n) is 3.88. The Bertz CT molecular complexity index is 65.0. The van der Waals surface area contributed by atoms with Crippen molar-refractivity contribution < 1.29 is 5.11 Å². The van der Waals surface area contributed by atoms with E-state index in [1.54, 1.807) is 5.92 Å². The molecule has 0 aromatic carbocycles. The van der Waals surface area contributed by atoms with Gasteiger partial charge in [-0.1, -0.05) is 12.8 Å². The molecule has 0 atom stereocenters. The molecule has 0 unspecified atom stereocenters. The molecule has 1 N–H and O–H groups in total. The predicted molar refractivity (Wildman–Crippen MR) is 38.0 cm³/mol. The lowest BCUT2D eigenvalue weighted by atomic mass is 10.0. The van der Waals surface area contributed by atoms with Crippen molar-refractivity contribution in [3.8, 4) is 0 Å². The molecule has 1 nitrogen and oxygen atoms in total. The fraction of sp³-hybridized carbons (Fsp3) is 0.875. The highest BCUT2D eigenvalue weighted by atomic mass is 16.2. The highest BCUT2D eigenvalue weighted by Crippen LogP contribution is 2.30.